The van der Waals surface area contributed by atoms with Gasteiger partial charge < -0.3 is 9.64 Å². The van der Waals surface area contributed by atoms with Crippen molar-refractivity contribution in [2.45, 2.75) is 26.7 Å². The second-order valence-corrected chi connectivity index (χ2v) is 4.21. The second kappa shape index (κ2) is 5.21. The molecule has 92 valence electrons. The van der Waals surface area contributed by atoms with E-state index in [1.54, 1.807) is 0 Å². The number of nitrogens with zero attached hydrogens (tertiary/aromatic N) is 1. The van der Waals surface area contributed by atoms with Gasteiger partial charge in [-0.15, -0.1) is 0 Å². The number of rotatable bonds is 3. The Hall–Kier alpha value is -1.51. The largest absolute Gasteiger partial charge is 0.462 e. The third-order valence-corrected chi connectivity index (χ3v) is 3.22. The van der Waals surface area contributed by atoms with Crippen molar-refractivity contribution in [3.8, 4) is 0 Å². The standard InChI is InChI=1S/C14H19NO2/c1-3-15-10-6-8-11-12(14(16)17-4-2)7-5-9-13(11)15/h5,7,9H,3-4,6,8,10H2,1-2H3. The van der Waals surface area contributed by atoms with Crippen LogP contribution in [-0.2, 0) is 11.2 Å². The number of anilines is 1. The zero-order valence-corrected chi connectivity index (χ0v) is 10.5. The van der Waals surface area contributed by atoms with Gasteiger partial charge in [-0.1, -0.05) is 6.07 Å². The molecule has 0 radical (unpaired) electrons. The van der Waals surface area contributed by atoms with Gasteiger partial charge in [0.2, 0.25) is 0 Å². The minimum Gasteiger partial charge on any atom is -0.462 e. The molecule has 1 heterocycles. The first-order valence-corrected chi connectivity index (χ1v) is 6.31. The number of ether oxygens (including phenoxy) is 1. The van der Waals surface area contributed by atoms with Crippen LogP contribution in [-0.4, -0.2) is 25.7 Å². The average Bonchev–Trinajstić information content (AvgIpc) is 2.37. The predicted octanol–water partition coefficient (Wildman–Crippen LogP) is 2.64. The molecule has 0 aromatic heterocycles. The first-order valence-electron chi connectivity index (χ1n) is 6.31. The van der Waals surface area contributed by atoms with E-state index >= 15 is 0 Å². The number of carbonyl (C=O) groups excluding carboxylic acids is 1. The van der Waals surface area contributed by atoms with E-state index in [0.29, 0.717) is 6.61 Å². The number of hydrogen-bond donors (Lipinski definition) is 0. The van der Waals surface area contributed by atoms with Gasteiger partial charge in [-0.25, -0.2) is 4.79 Å². The summed E-state index contributed by atoms with van der Waals surface area (Å²) in [6.07, 6.45) is 2.08. The molecule has 0 saturated carbocycles. The third kappa shape index (κ3) is 2.28. The van der Waals surface area contributed by atoms with Gasteiger partial charge in [-0.05, 0) is 44.4 Å². The monoisotopic (exact) mass is 233 g/mol. The summed E-state index contributed by atoms with van der Waals surface area (Å²) >= 11 is 0. The lowest BCUT2D eigenvalue weighted by Gasteiger charge is -2.31. The first kappa shape index (κ1) is 12.0. The Balaban J connectivity index is 2.38. The Morgan fingerprint density at radius 1 is 1.41 bits per heavy atom. The summed E-state index contributed by atoms with van der Waals surface area (Å²) < 4.78 is 5.11. The molecule has 0 aliphatic carbocycles. The molecule has 0 amide bonds. The number of fused-ring (bicyclic) bond motifs is 1. The summed E-state index contributed by atoms with van der Waals surface area (Å²) in [7, 11) is 0. The first-order chi connectivity index (χ1) is 8.27. The van der Waals surface area contributed by atoms with Gasteiger partial charge in [0.1, 0.15) is 0 Å². The van der Waals surface area contributed by atoms with Crippen molar-refractivity contribution in [1.29, 1.82) is 0 Å². The van der Waals surface area contributed by atoms with E-state index < -0.39 is 0 Å². The minimum atomic E-state index is -0.192. The molecule has 2 rings (SSSR count). The maximum atomic E-state index is 11.9. The molecular weight excluding hydrogens is 214 g/mol. The zero-order chi connectivity index (χ0) is 12.3. The highest BCUT2D eigenvalue weighted by Crippen LogP contribution is 2.29. The van der Waals surface area contributed by atoms with Crippen LogP contribution in [0.25, 0.3) is 0 Å². The van der Waals surface area contributed by atoms with Crippen molar-refractivity contribution < 1.29 is 9.53 Å². The molecule has 1 aliphatic rings. The lowest BCUT2D eigenvalue weighted by atomic mass is 9.96. The lowest BCUT2D eigenvalue weighted by molar-refractivity contribution is 0.0525. The molecule has 0 bridgehead atoms. The molecular formula is C14H19NO2. The molecule has 0 spiro atoms. The highest BCUT2D eigenvalue weighted by atomic mass is 16.5. The van der Waals surface area contributed by atoms with Crippen LogP contribution in [0.15, 0.2) is 18.2 Å². The Morgan fingerprint density at radius 2 is 2.24 bits per heavy atom. The van der Waals surface area contributed by atoms with E-state index in [1.165, 1.54) is 5.69 Å². The van der Waals surface area contributed by atoms with E-state index in [4.69, 9.17) is 4.74 Å². The fraction of sp³-hybridized carbons (Fsp3) is 0.500. The minimum absolute atomic E-state index is 0.192. The summed E-state index contributed by atoms with van der Waals surface area (Å²) in [6.45, 7) is 6.48. The molecule has 0 atom stereocenters. The van der Waals surface area contributed by atoms with E-state index in [-0.39, 0.29) is 5.97 Å². The summed E-state index contributed by atoms with van der Waals surface area (Å²) in [5.74, 6) is -0.192. The van der Waals surface area contributed by atoms with Crippen molar-refractivity contribution in [2.75, 3.05) is 24.6 Å². The SMILES string of the molecule is CCOC(=O)c1cccc2c1CCCN2CC. The van der Waals surface area contributed by atoms with E-state index in [9.17, 15) is 4.79 Å². The number of esters is 1. The maximum absolute atomic E-state index is 11.9. The van der Waals surface area contributed by atoms with Crippen molar-refractivity contribution in [2.24, 2.45) is 0 Å². The van der Waals surface area contributed by atoms with Crippen LogP contribution in [0, 0.1) is 0 Å². The molecule has 0 saturated heterocycles. The second-order valence-electron chi connectivity index (χ2n) is 4.21. The Bertz CT molecular complexity index is 415. The molecule has 17 heavy (non-hydrogen) atoms. The van der Waals surface area contributed by atoms with Crippen molar-refractivity contribution >= 4 is 11.7 Å². The fourth-order valence-corrected chi connectivity index (χ4v) is 2.43. The summed E-state index contributed by atoms with van der Waals surface area (Å²) in [6, 6.07) is 5.91. The van der Waals surface area contributed by atoms with E-state index in [0.717, 1.165) is 37.1 Å². The van der Waals surface area contributed by atoms with Crippen LogP contribution in [0.3, 0.4) is 0 Å². The van der Waals surface area contributed by atoms with E-state index in [2.05, 4.69) is 17.9 Å². The summed E-state index contributed by atoms with van der Waals surface area (Å²) in [5.41, 5.74) is 3.09. The topological polar surface area (TPSA) is 29.5 Å². The van der Waals surface area contributed by atoms with Gasteiger partial charge in [-0.2, -0.15) is 0 Å². The molecule has 3 heteroatoms. The summed E-state index contributed by atoms with van der Waals surface area (Å²) in [4.78, 5) is 14.2. The fourth-order valence-electron chi connectivity index (χ4n) is 2.43. The molecule has 3 nitrogen and oxygen atoms in total. The number of hydrogen-bond acceptors (Lipinski definition) is 3. The zero-order valence-electron chi connectivity index (χ0n) is 10.5. The van der Waals surface area contributed by atoms with Crippen molar-refractivity contribution in [3.05, 3.63) is 29.3 Å². The number of benzene rings is 1. The molecule has 1 aromatic carbocycles. The quantitative estimate of drug-likeness (QED) is 0.752. The Labute approximate surface area is 102 Å². The predicted molar refractivity (Wildman–Crippen MR) is 68.6 cm³/mol. The normalized spacial score (nSPS) is 14.4. The van der Waals surface area contributed by atoms with Gasteiger partial charge in [0.05, 0.1) is 12.2 Å². The van der Waals surface area contributed by atoms with Gasteiger partial charge in [0, 0.05) is 18.8 Å². The van der Waals surface area contributed by atoms with Gasteiger partial charge >= 0.3 is 5.97 Å². The molecule has 0 unspecified atom stereocenters. The smallest absolute Gasteiger partial charge is 0.338 e. The highest BCUT2D eigenvalue weighted by molar-refractivity contribution is 5.93. The van der Waals surface area contributed by atoms with Gasteiger partial charge in [0.15, 0.2) is 0 Å². The molecule has 1 aliphatic heterocycles. The van der Waals surface area contributed by atoms with Gasteiger partial charge in [0.25, 0.3) is 0 Å². The van der Waals surface area contributed by atoms with Crippen LogP contribution in [0.1, 0.15) is 36.2 Å². The third-order valence-electron chi connectivity index (χ3n) is 3.22. The van der Waals surface area contributed by atoms with Gasteiger partial charge in [-0.3, -0.25) is 0 Å². The van der Waals surface area contributed by atoms with Crippen LogP contribution in [0.5, 0.6) is 0 Å². The van der Waals surface area contributed by atoms with Crippen LogP contribution < -0.4 is 4.90 Å². The molecule has 0 fully saturated rings. The van der Waals surface area contributed by atoms with Crippen LogP contribution in [0.4, 0.5) is 5.69 Å². The average molecular weight is 233 g/mol. The van der Waals surface area contributed by atoms with Crippen LogP contribution >= 0.6 is 0 Å². The van der Waals surface area contributed by atoms with Crippen molar-refractivity contribution in [3.63, 3.8) is 0 Å². The van der Waals surface area contributed by atoms with E-state index in [1.807, 2.05) is 19.1 Å². The van der Waals surface area contributed by atoms with Crippen LogP contribution in [0.2, 0.25) is 0 Å². The summed E-state index contributed by atoms with van der Waals surface area (Å²) in [5, 5.41) is 0. The molecule has 1 aromatic rings. The highest BCUT2D eigenvalue weighted by Gasteiger charge is 2.21. The Morgan fingerprint density at radius 3 is 2.94 bits per heavy atom. The Kier molecular flexibility index (Phi) is 3.67. The lowest BCUT2D eigenvalue weighted by Crippen LogP contribution is -2.30. The maximum Gasteiger partial charge on any atom is 0.338 e. The number of carbonyl (C=O) groups is 1. The van der Waals surface area contributed by atoms with Crippen molar-refractivity contribution in [1.82, 2.24) is 0 Å². The molecule has 0 N–H and O–H groups in total.